The molecule has 0 bridgehead atoms. The first-order valence-electron chi connectivity index (χ1n) is 5.51. The van der Waals surface area contributed by atoms with Crippen LogP contribution in [0, 0.1) is 0 Å². The van der Waals surface area contributed by atoms with Crippen molar-refractivity contribution in [2.24, 2.45) is 0 Å². The van der Waals surface area contributed by atoms with Gasteiger partial charge in [0.15, 0.2) is 0 Å². The lowest BCUT2D eigenvalue weighted by Crippen LogP contribution is -2.11. The highest BCUT2D eigenvalue weighted by Crippen LogP contribution is 2.24. The van der Waals surface area contributed by atoms with Crippen LogP contribution in [0.4, 0.5) is 0 Å². The van der Waals surface area contributed by atoms with Gasteiger partial charge in [0.1, 0.15) is 5.75 Å². The molecule has 1 aromatic rings. The van der Waals surface area contributed by atoms with Crippen molar-refractivity contribution in [3.63, 3.8) is 0 Å². The summed E-state index contributed by atoms with van der Waals surface area (Å²) in [7, 11) is 0. The molecule has 0 spiro atoms. The normalized spacial score (nSPS) is 16.9. The van der Waals surface area contributed by atoms with Crippen LogP contribution in [0.5, 0.6) is 5.75 Å². The number of hydrogen-bond donors (Lipinski definition) is 2. The van der Waals surface area contributed by atoms with Gasteiger partial charge in [-0.2, -0.15) is 0 Å². The van der Waals surface area contributed by atoms with Crippen LogP contribution in [0.3, 0.4) is 0 Å². The van der Waals surface area contributed by atoms with E-state index in [-0.39, 0.29) is 0 Å². The average Bonchev–Trinajstić information content (AvgIpc) is 2.74. The van der Waals surface area contributed by atoms with Gasteiger partial charge in [0.05, 0.1) is 6.10 Å². The molecular weight excluding hydrogens is 190 g/mol. The third kappa shape index (κ3) is 2.94. The van der Waals surface area contributed by atoms with Crippen LogP contribution in [-0.4, -0.2) is 11.3 Å². The Morgan fingerprint density at radius 2 is 1.87 bits per heavy atom. The molecule has 3 heteroatoms. The Hall–Kier alpha value is -1.06. The van der Waals surface area contributed by atoms with Crippen molar-refractivity contribution in [3.05, 3.63) is 29.8 Å². The molecule has 0 heterocycles. The van der Waals surface area contributed by atoms with E-state index < -0.39 is 0 Å². The maximum Gasteiger partial charge on any atom is 0.119 e. The smallest absolute Gasteiger partial charge is 0.119 e. The molecule has 1 fully saturated rings. The van der Waals surface area contributed by atoms with E-state index in [4.69, 9.17) is 9.94 Å². The van der Waals surface area contributed by atoms with E-state index >= 15 is 0 Å². The molecule has 15 heavy (non-hydrogen) atoms. The summed E-state index contributed by atoms with van der Waals surface area (Å²) in [6.07, 6.45) is 5.35. The highest BCUT2D eigenvalue weighted by Gasteiger charge is 2.16. The summed E-state index contributed by atoms with van der Waals surface area (Å²) in [5.74, 6) is 0.934. The lowest BCUT2D eigenvalue weighted by molar-refractivity contribution is 0.161. The molecule has 2 rings (SSSR count). The molecule has 0 atom stereocenters. The summed E-state index contributed by atoms with van der Waals surface area (Å²) in [5, 5.41) is 8.54. The molecule has 0 amide bonds. The van der Waals surface area contributed by atoms with Crippen LogP contribution in [0.15, 0.2) is 24.3 Å². The van der Waals surface area contributed by atoms with E-state index in [2.05, 4.69) is 5.48 Å². The Morgan fingerprint density at radius 3 is 2.47 bits per heavy atom. The van der Waals surface area contributed by atoms with Crippen LogP contribution in [0.2, 0.25) is 0 Å². The van der Waals surface area contributed by atoms with Crippen LogP contribution < -0.4 is 10.2 Å². The molecule has 3 nitrogen and oxygen atoms in total. The fourth-order valence-corrected chi connectivity index (χ4v) is 1.98. The second-order valence-electron chi connectivity index (χ2n) is 4.00. The highest BCUT2D eigenvalue weighted by molar-refractivity contribution is 5.27. The molecule has 0 aromatic heterocycles. The van der Waals surface area contributed by atoms with Crippen molar-refractivity contribution in [1.29, 1.82) is 0 Å². The van der Waals surface area contributed by atoms with Gasteiger partial charge >= 0.3 is 0 Å². The van der Waals surface area contributed by atoms with Crippen LogP contribution >= 0.6 is 0 Å². The number of benzene rings is 1. The number of ether oxygens (including phenoxy) is 1. The molecular formula is C12H17NO2. The summed E-state index contributed by atoms with van der Waals surface area (Å²) in [4.78, 5) is 0. The first kappa shape index (κ1) is 10.5. The fraction of sp³-hybridized carbons (Fsp3) is 0.500. The molecule has 1 aliphatic rings. The molecule has 0 aliphatic heterocycles. The Bertz CT molecular complexity index is 291. The van der Waals surface area contributed by atoms with Gasteiger partial charge in [0, 0.05) is 6.54 Å². The maximum absolute atomic E-state index is 8.54. The summed E-state index contributed by atoms with van der Waals surface area (Å²) in [5.41, 5.74) is 3.19. The predicted octanol–water partition coefficient (Wildman–Crippen LogP) is 2.49. The standard InChI is InChI=1S/C12H17NO2/c14-13-9-10-5-7-12(8-6-10)15-11-3-1-2-4-11/h5-8,11,13-14H,1-4,9H2. The zero-order valence-corrected chi connectivity index (χ0v) is 8.78. The van der Waals surface area contributed by atoms with E-state index in [1.165, 1.54) is 25.7 Å². The predicted molar refractivity (Wildman–Crippen MR) is 58.0 cm³/mol. The van der Waals surface area contributed by atoms with Crippen molar-refractivity contribution >= 4 is 0 Å². The highest BCUT2D eigenvalue weighted by atomic mass is 16.5. The molecule has 1 aromatic carbocycles. The lowest BCUT2D eigenvalue weighted by Gasteiger charge is -2.13. The Labute approximate surface area is 90.0 Å². The number of hydroxylamine groups is 1. The van der Waals surface area contributed by atoms with Gasteiger partial charge in [-0.3, -0.25) is 0 Å². The van der Waals surface area contributed by atoms with Gasteiger partial charge in [-0.25, -0.2) is 5.48 Å². The second kappa shape index (κ2) is 5.14. The second-order valence-corrected chi connectivity index (χ2v) is 4.00. The van der Waals surface area contributed by atoms with Crippen LogP contribution in [-0.2, 0) is 6.54 Å². The molecule has 0 saturated heterocycles. The van der Waals surface area contributed by atoms with Crippen molar-refractivity contribution in [1.82, 2.24) is 5.48 Å². The largest absolute Gasteiger partial charge is 0.490 e. The zero-order chi connectivity index (χ0) is 10.5. The number of rotatable bonds is 4. The van der Waals surface area contributed by atoms with Gasteiger partial charge in [-0.1, -0.05) is 12.1 Å². The SMILES string of the molecule is ONCc1ccc(OC2CCCC2)cc1. The maximum atomic E-state index is 8.54. The minimum absolute atomic E-state index is 0.409. The molecule has 1 aliphatic carbocycles. The average molecular weight is 207 g/mol. The Balaban J connectivity index is 1.91. The third-order valence-corrected chi connectivity index (χ3v) is 2.81. The van der Waals surface area contributed by atoms with Gasteiger partial charge < -0.3 is 9.94 Å². The van der Waals surface area contributed by atoms with E-state index in [0.717, 1.165) is 11.3 Å². The van der Waals surface area contributed by atoms with E-state index in [1.807, 2.05) is 24.3 Å². The third-order valence-electron chi connectivity index (χ3n) is 2.81. The summed E-state index contributed by atoms with van der Waals surface area (Å²) in [6.45, 7) is 0.476. The van der Waals surface area contributed by atoms with Crippen LogP contribution in [0.25, 0.3) is 0 Å². The van der Waals surface area contributed by atoms with Gasteiger partial charge in [-0.15, -0.1) is 0 Å². The minimum atomic E-state index is 0.409. The van der Waals surface area contributed by atoms with Gasteiger partial charge in [0.25, 0.3) is 0 Å². The molecule has 0 unspecified atom stereocenters. The minimum Gasteiger partial charge on any atom is -0.490 e. The van der Waals surface area contributed by atoms with E-state index in [1.54, 1.807) is 0 Å². The quantitative estimate of drug-likeness (QED) is 0.745. The van der Waals surface area contributed by atoms with E-state index in [9.17, 15) is 0 Å². The Morgan fingerprint density at radius 1 is 1.20 bits per heavy atom. The fourth-order valence-electron chi connectivity index (χ4n) is 1.98. The molecule has 2 N–H and O–H groups in total. The first-order chi connectivity index (χ1) is 7.38. The molecule has 0 radical (unpaired) electrons. The lowest BCUT2D eigenvalue weighted by atomic mass is 10.2. The van der Waals surface area contributed by atoms with Crippen molar-refractivity contribution < 1.29 is 9.94 Å². The number of hydrogen-bond acceptors (Lipinski definition) is 3. The van der Waals surface area contributed by atoms with Gasteiger partial charge in [0.2, 0.25) is 0 Å². The molecule has 1 saturated carbocycles. The van der Waals surface area contributed by atoms with E-state index in [0.29, 0.717) is 12.6 Å². The molecule has 82 valence electrons. The monoisotopic (exact) mass is 207 g/mol. The summed E-state index contributed by atoms with van der Waals surface area (Å²) in [6, 6.07) is 7.86. The van der Waals surface area contributed by atoms with Gasteiger partial charge in [-0.05, 0) is 43.4 Å². The topological polar surface area (TPSA) is 41.5 Å². The van der Waals surface area contributed by atoms with Crippen molar-refractivity contribution in [3.8, 4) is 5.75 Å². The number of nitrogens with one attached hydrogen (secondary N) is 1. The van der Waals surface area contributed by atoms with Crippen molar-refractivity contribution in [2.75, 3.05) is 0 Å². The zero-order valence-electron chi connectivity index (χ0n) is 8.78. The van der Waals surface area contributed by atoms with Crippen LogP contribution in [0.1, 0.15) is 31.2 Å². The summed E-state index contributed by atoms with van der Waals surface area (Å²) < 4.78 is 5.83. The summed E-state index contributed by atoms with van der Waals surface area (Å²) >= 11 is 0. The first-order valence-corrected chi connectivity index (χ1v) is 5.51. The van der Waals surface area contributed by atoms with Crippen molar-refractivity contribution in [2.45, 2.75) is 38.3 Å². The Kier molecular flexibility index (Phi) is 3.59.